The Bertz CT molecular complexity index is 1110. The molecule has 1 heterocycles. The molecule has 0 fully saturated rings. The quantitative estimate of drug-likeness (QED) is 0.552. The lowest BCUT2D eigenvalue weighted by atomic mass is 10.0. The second kappa shape index (κ2) is 9.47. The summed E-state index contributed by atoms with van der Waals surface area (Å²) in [6.45, 7) is 0.191. The van der Waals surface area contributed by atoms with Gasteiger partial charge in [0.05, 0.1) is 6.54 Å². The number of benzene rings is 2. The molecule has 1 aromatic heterocycles. The molecule has 1 atom stereocenters. The minimum atomic E-state index is -1.14. The van der Waals surface area contributed by atoms with Gasteiger partial charge in [0.2, 0.25) is 5.78 Å². The number of Topliss-reactive ketones (excluding diaryl/α,β-unsaturated/α-hetero) is 1. The second-order valence-electron chi connectivity index (χ2n) is 6.77. The Labute approximate surface area is 173 Å². The molecule has 3 N–H and O–H groups in total. The van der Waals surface area contributed by atoms with Crippen LogP contribution in [0.15, 0.2) is 83.7 Å². The number of carbonyl (C=O) groups is 3. The Hall–Kier alpha value is -4.00. The maximum atomic E-state index is 13.0. The van der Waals surface area contributed by atoms with E-state index < -0.39 is 23.6 Å². The lowest BCUT2D eigenvalue weighted by molar-refractivity contribution is -0.137. The number of primary amides is 1. The summed E-state index contributed by atoms with van der Waals surface area (Å²) in [5, 5.41) is 2.57. The summed E-state index contributed by atoms with van der Waals surface area (Å²) in [6.07, 6.45) is 0.101. The van der Waals surface area contributed by atoms with Crippen LogP contribution < -0.4 is 16.6 Å². The molecule has 7 nitrogen and oxygen atoms in total. The Kier molecular flexibility index (Phi) is 6.54. The highest BCUT2D eigenvalue weighted by molar-refractivity contribution is 6.38. The van der Waals surface area contributed by atoms with Crippen LogP contribution in [0.25, 0.3) is 0 Å². The Morgan fingerprint density at radius 1 is 0.833 bits per heavy atom. The Balaban J connectivity index is 1.88. The predicted octanol–water partition coefficient (Wildman–Crippen LogP) is 1.29. The second-order valence-corrected chi connectivity index (χ2v) is 6.77. The largest absolute Gasteiger partial charge is 0.363 e. The van der Waals surface area contributed by atoms with Gasteiger partial charge in [-0.2, -0.15) is 0 Å². The average Bonchev–Trinajstić information content (AvgIpc) is 2.75. The number of nitrogens with zero attached hydrogens (tertiary/aromatic N) is 1. The van der Waals surface area contributed by atoms with Crippen molar-refractivity contribution in [1.82, 2.24) is 9.88 Å². The first-order chi connectivity index (χ1) is 14.5. The number of nitrogens with two attached hydrogens (primary N) is 1. The van der Waals surface area contributed by atoms with Crippen molar-refractivity contribution in [3.63, 3.8) is 0 Å². The monoisotopic (exact) mass is 403 g/mol. The topological polar surface area (TPSA) is 111 Å². The van der Waals surface area contributed by atoms with E-state index in [0.717, 1.165) is 11.1 Å². The number of hydrogen-bond donors (Lipinski definition) is 2. The molecule has 0 aliphatic rings. The van der Waals surface area contributed by atoms with E-state index in [4.69, 9.17) is 5.73 Å². The number of carbonyl (C=O) groups excluding carboxylic acids is 3. The lowest BCUT2D eigenvalue weighted by Crippen LogP contribution is -2.48. The maximum absolute atomic E-state index is 13.0. The van der Waals surface area contributed by atoms with Gasteiger partial charge in [0.1, 0.15) is 11.7 Å². The standard InChI is InChI=1S/C23H21N3O4/c24-22(29)21(28)18(14-16-8-3-1-4-9-16)25-23(30)19-12-7-13-20(27)26(19)15-17-10-5-2-6-11-17/h1-13,18H,14-15H2,(H2,24,29)(H,25,30). The van der Waals surface area contributed by atoms with Gasteiger partial charge in [0.25, 0.3) is 17.4 Å². The predicted molar refractivity (Wildman–Crippen MR) is 112 cm³/mol. The number of aromatic nitrogens is 1. The van der Waals surface area contributed by atoms with Crippen LogP contribution in [-0.4, -0.2) is 28.2 Å². The first-order valence-electron chi connectivity index (χ1n) is 9.38. The minimum absolute atomic E-state index is 0.0849. The molecule has 0 saturated heterocycles. The zero-order valence-electron chi connectivity index (χ0n) is 16.2. The number of ketones is 1. The molecule has 0 aliphatic carbocycles. The van der Waals surface area contributed by atoms with Crippen LogP contribution in [0, 0.1) is 0 Å². The van der Waals surface area contributed by atoms with Crippen LogP contribution in [0.5, 0.6) is 0 Å². The Morgan fingerprint density at radius 2 is 1.43 bits per heavy atom. The van der Waals surface area contributed by atoms with Crippen molar-refractivity contribution in [3.05, 3.63) is 106 Å². The van der Waals surface area contributed by atoms with Crippen molar-refractivity contribution in [1.29, 1.82) is 0 Å². The molecule has 0 aliphatic heterocycles. The summed E-state index contributed by atoms with van der Waals surface area (Å²) in [5.41, 5.74) is 6.49. The van der Waals surface area contributed by atoms with Gasteiger partial charge in [0, 0.05) is 12.5 Å². The third kappa shape index (κ3) is 5.08. The summed E-state index contributed by atoms with van der Waals surface area (Å²) < 4.78 is 1.32. The number of hydrogen-bond acceptors (Lipinski definition) is 4. The van der Waals surface area contributed by atoms with Gasteiger partial charge < -0.3 is 11.1 Å². The number of amides is 2. The SMILES string of the molecule is NC(=O)C(=O)C(Cc1ccccc1)NC(=O)c1cccc(=O)n1Cc1ccccc1. The van der Waals surface area contributed by atoms with Crippen LogP contribution in [0.2, 0.25) is 0 Å². The fraction of sp³-hybridized carbons (Fsp3) is 0.130. The van der Waals surface area contributed by atoms with Crippen LogP contribution in [-0.2, 0) is 22.6 Å². The molecule has 3 aromatic rings. The Morgan fingerprint density at radius 3 is 2.03 bits per heavy atom. The van der Waals surface area contributed by atoms with Gasteiger partial charge in [-0.25, -0.2) is 0 Å². The smallest absolute Gasteiger partial charge is 0.287 e. The highest BCUT2D eigenvalue weighted by atomic mass is 16.2. The van der Waals surface area contributed by atoms with E-state index in [1.807, 2.05) is 36.4 Å². The molecule has 0 spiro atoms. The first-order valence-corrected chi connectivity index (χ1v) is 9.38. The van der Waals surface area contributed by atoms with E-state index in [2.05, 4.69) is 5.32 Å². The van der Waals surface area contributed by atoms with Crippen LogP contribution in [0.3, 0.4) is 0 Å². The highest BCUT2D eigenvalue weighted by Crippen LogP contribution is 2.08. The molecule has 0 radical (unpaired) electrons. The van der Waals surface area contributed by atoms with Crippen molar-refractivity contribution in [3.8, 4) is 0 Å². The van der Waals surface area contributed by atoms with Gasteiger partial charge in [-0.3, -0.25) is 23.7 Å². The normalized spacial score (nSPS) is 11.5. The number of pyridine rings is 1. The molecule has 0 bridgehead atoms. The molecule has 1 unspecified atom stereocenters. The molecular formula is C23H21N3O4. The van der Waals surface area contributed by atoms with E-state index in [1.165, 1.54) is 22.8 Å². The van der Waals surface area contributed by atoms with Crippen molar-refractivity contribution in [2.75, 3.05) is 0 Å². The first kappa shape index (κ1) is 20.7. The molecular weight excluding hydrogens is 382 g/mol. The zero-order valence-corrected chi connectivity index (χ0v) is 16.2. The fourth-order valence-corrected chi connectivity index (χ4v) is 3.11. The summed E-state index contributed by atoms with van der Waals surface area (Å²) in [4.78, 5) is 49.1. The van der Waals surface area contributed by atoms with Crippen molar-refractivity contribution in [2.45, 2.75) is 19.0 Å². The van der Waals surface area contributed by atoms with E-state index in [9.17, 15) is 19.2 Å². The minimum Gasteiger partial charge on any atom is -0.363 e. The van der Waals surface area contributed by atoms with Gasteiger partial charge in [-0.1, -0.05) is 66.7 Å². The summed E-state index contributed by atoms with van der Waals surface area (Å²) in [7, 11) is 0. The highest BCUT2D eigenvalue weighted by Gasteiger charge is 2.26. The van der Waals surface area contributed by atoms with Gasteiger partial charge in [-0.05, 0) is 17.2 Å². The van der Waals surface area contributed by atoms with E-state index >= 15 is 0 Å². The summed E-state index contributed by atoms with van der Waals surface area (Å²) in [5.74, 6) is -2.68. The summed E-state index contributed by atoms with van der Waals surface area (Å²) in [6, 6.07) is 21.4. The van der Waals surface area contributed by atoms with E-state index in [0.29, 0.717) is 0 Å². The average molecular weight is 403 g/mol. The molecule has 2 amide bonds. The lowest BCUT2D eigenvalue weighted by Gasteiger charge is -2.18. The third-order valence-electron chi connectivity index (χ3n) is 4.61. The fourth-order valence-electron chi connectivity index (χ4n) is 3.11. The van der Waals surface area contributed by atoms with Crippen molar-refractivity contribution < 1.29 is 14.4 Å². The molecule has 152 valence electrons. The van der Waals surface area contributed by atoms with E-state index in [1.54, 1.807) is 24.3 Å². The molecule has 30 heavy (non-hydrogen) atoms. The molecule has 2 aromatic carbocycles. The summed E-state index contributed by atoms with van der Waals surface area (Å²) >= 11 is 0. The van der Waals surface area contributed by atoms with Crippen LogP contribution >= 0.6 is 0 Å². The third-order valence-corrected chi connectivity index (χ3v) is 4.61. The van der Waals surface area contributed by atoms with Gasteiger partial charge >= 0.3 is 0 Å². The van der Waals surface area contributed by atoms with Crippen molar-refractivity contribution >= 4 is 17.6 Å². The van der Waals surface area contributed by atoms with Gasteiger partial charge in [-0.15, -0.1) is 0 Å². The van der Waals surface area contributed by atoms with Gasteiger partial charge in [0.15, 0.2) is 0 Å². The number of rotatable bonds is 8. The van der Waals surface area contributed by atoms with Crippen LogP contribution in [0.1, 0.15) is 21.6 Å². The molecule has 7 heteroatoms. The van der Waals surface area contributed by atoms with E-state index in [-0.39, 0.29) is 24.2 Å². The van der Waals surface area contributed by atoms with Crippen LogP contribution in [0.4, 0.5) is 0 Å². The molecule has 3 rings (SSSR count). The maximum Gasteiger partial charge on any atom is 0.287 e. The molecule has 0 saturated carbocycles. The number of nitrogens with one attached hydrogen (secondary N) is 1. The zero-order chi connectivity index (χ0) is 21.5. The van der Waals surface area contributed by atoms with Crippen molar-refractivity contribution in [2.24, 2.45) is 5.73 Å².